The standard InChI is InChI=1S/C18H27Cl2N3O/c1-13-16(19)10-14(11-17(13)20)18(24)23-7-5-6-15(12-23)22(4)9-8-21(2)3/h10-11,15H,5-9,12H2,1-4H3/t15-/m1/s1. The van der Waals surface area contributed by atoms with E-state index in [1.807, 2.05) is 11.8 Å². The van der Waals surface area contributed by atoms with E-state index in [-0.39, 0.29) is 5.91 Å². The summed E-state index contributed by atoms with van der Waals surface area (Å²) in [5.74, 6) is 0.0181. The monoisotopic (exact) mass is 371 g/mol. The number of halogens is 2. The molecule has 134 valence electrons. The Morgan fingerprint density at radius 2 is 1.83 bits per heavy atom. The smallest absolute Gasteiger partial charge is 0.254 e. The summed E-state index contributed by atoms with van der Waals surface area (Å²) < 4.78 is 0. The largest absolute Gasteiger partial charge is 0.337 e. The van der Waals surface area contributed by atoms with Gasteiger partial charge in [0.05, 0.1) is 0 Å². The molecule has 1 saturated heterocycles. The van der Waals surface area contributed by atoms with Crippen molar-refractivity contribution >= 4 is 29.1 Å². The molecule has 0 aromatic heterocycles. The number of piperidine rings is 1. The third-order valence-corrected chi connectivity index (χ3v) is 5.52. The van der Waals surface area contributed by atoms with Gasteiger partial charge in [0.2, 0.25) is 0 Å². The zero-order chi connectivity index (χ0) is 17.9. The number of rotatable bonds is 5. The van der Waals surface area contributed by atoms with Crippen LogP contribution in [0.15, 0.2) is 12.1 Å². The fourth-order valence-corrected chi connectivity index (χ4v) is 3.48. The van der Waals surface area contributed by atoms with E-state index in [2.05, 4.69) is 30.9 Å². The molecule has 0 saturated carbocycles. The van der Waals surface area contributed by atoms with Crippen molar-refractivity contribution in [1.29, 1.82) is 0 Å². The van der Waals surface area contributed by atoms with Gasteiger partial charge in [0, 0.05) is 47.8 Å². The zero-order valence-electron chi connectivity index (χ0n) is 15.0. The first kappa shape index (κ1) is 19.5. The van der Waals surface area contributed by atoms with Crippen LogP contribution in [0.4, 0.5) is 0 Å². The van der Waals surface area contributed by atoms with Crippen LogP contribution in [0.2, 0.25) is 10.0 Å². The molecule has 0 aliphatic carbocycles. The van der Waals surface area contributed by atoms with Crippen LogP contribution in [-0.2, 0) is 0 Å². The van der Waals surface area contributed by atoms with Gasteiger partial charge in [0.15, 0.2) is 0 Å². The molecule has 0 spiro atoms. The van der Waals surface area contributed by atoms with E-state index < -0.39 is 0 Å². The average Bonchev–Trinajstić information content (AvgIpc) is 2.56. The summed E-state index contributed by atoms with van der Waals surface area (Å²) in [5.41, 5.74) is 1.39. The van der Waals surface area contributed by atoms with E-state index in [0.717, 1.165) is 44.6 Å². The lowest BCUT2D eigenvalue weighted by Crippen LogP contribution is -2.49. The van der Waals surface area contributed by atoms with E-state index in [1.165, 1.54) is 0 Å². The van der Waals surface area contributed by atoms with E-state index in [4.69, 9.17) is 23.2 Å². The Kier molecular flexibility index (Phi) is 6.93. The van der Waals surface area contributed by atoms with Gasteiger partial charge in [0.1, 0.15) is 0 Å². The van der Waals surface area contributed by atoms with Gasteiger partial charge in [-0.3, -0.25) is 4.79 Å². The SMILES string of the molecule is Cc1c(Cl)cc(C(=O)N2CCC[C@@H](N(C)CCN(C)C)C2)cc1Cl. The van der Waals surface area contributed by atoms with E-state index in [9.17, 15) is 4.79 Å². The maximum atomic E-state index is 12.8. The number of benzene rings is 1. The van der Waals surface area contributed by atoms with Gasteiger partial charge in [-0.05, 0) is 58.6 Å². The molecule has 0 N–H and O–H groups in total. The summed E-state index contributed by atoms with van der Waals surface area (Å²) in [5, 5.41) is 1.09. The lowest BCUT2D eigenvalue weighted by Gasteiger charge is -2.38. The minimum atomic E-state index is 0.0181. The number of hydrogen-bond donors (Lipinski definition) is 0. The van der Waals surface area contributed by atoms with Crippen molar-refractivity contribution in [3.63, 3.8) is 0 Å². The van der Waals surface area contributed by atoms with Gasteiger partial charge in [-0.1, -0.05) is 23.2 Å². The van der Waals surface area contributed by atoms with Crippen molar-refractivity contribution in [2.75, 3.05) is 47.3 Å². The number of carbonyl (C=O) groups excluding carboxylic acids is 1. The van der Waals surface area contributed by atoms with Crippen molar-refractivity contribution in [2.24, 2.45) is 0 Å². The minimum absolute atomic E-state index is 0.0181. The van der Waals surface area contributed by atoms with Crippen molar-refractivity contribution < 1.29 is 4.79 Å². The fourth-order valence-electron chi connectivity index (χ4n) is 2.99. The predicted molar refractivity (Wildman–Crippen MR) is 101 cm³/mol. The van der Waals surface area contributed by atoms with Crippen LogP contribution in [0, 0.1) is 6.92 Å². The molecular formula is C18H27Cl2N3O. The number of likely N-dealkylation sites (tertiary alicyclic amines) is 1. The van der Waals surface area contributed by atoms with Crippen LogP contribution in [0.25, 0.3) is 0 Å². The van der Waals surface area contributed by atoms with Crippen molar-refractivity contribution in [2.45, 2.75) is 25.8 Å². The third kappa shape index (κ3) is 4.85. The molecule has 1 fully saturated rings. The Balaban J connectivity index is 2.05. The van der Waals surface area contributed by atoms with E-state index >= 15 is 0 Å². The van der Waals surface area contributed by atoms with Crippen LogP contribution in [0.1, 0.15) is 28.8 Å². The van der Waals surface area contributed by atoms with Gasteiger partial charge in [0.25, 0.3) is 5.91 Å². The molecule has 1 amide bonds. The quantitative estimate of drug-likeness (QED) is 0.793. The van der Waals surface area contributed by atoms with Gasteiger partial charge in [-0.15, -0.1) is 0 Å². The highest BCUT2D eigenvalue weighted by molar-refractivity contribution is 6.36. The molecule has 0 radical (unpaired) electrons. The second-order valence-electron chi connectivity index (χ2n) is 6.90. The Morgan fingerprint density at radius 1 is 1.21 bits per heavy atom. The first-order chi connectivity index (χ1) is 11.3. The van der Waals surface area contributed by atoms with Crippen molar-refractivity contribution in [1.82, 2.24) is 14.7 Å². The third-order valence-electron chi connectivity index (χ3n) is 4.73. The van der Waals surface area contributed by atoms with Gasteiger partial charge < -0.3 is 14.7 Å². The summed E-state index contributed by atoms with van der Waals surface area (Å²) in [6.45, 7) is 5.42. The molecule has 1 atom stereocenters. The molecule has 1 aromatic rings. The maximum Gasteiger partial charge on any atom is 0.254 e. The van der Waals surface area contributed by atoms with Crippen molar-refractivity contribution in [3.05, 3.63) is 33.3 Å². The number of likely N-dealkylation sites (N-methyl/N-ethyl adjacent to an activating group) is 2. The molecule has 2 rings (SSSR count). The average molecular weight is 372 g/mol. The van der Waals surface area contributed by atoms with Crippen LogP contribution < -0.4 is 0 Å². The highest BCUT2D eigenvalue weighted by Gasteiger charge is 2.27. The zero-order valence-corrected chi connectivity index (χ0v) is 16.5. The number of carbonyl (C=O) groups is 1. The summed E-state index contributed by atoms with van der Waals surface area (Å²) in [6.07, 6.45) is 2.15. The molecule has 1 aromatic carbocycles. The molecular weight excluding hydrogens is 345 g/mol. The first-order valence-electron chi connectivity index (χ1n) is 8.39. The summed E-state index contributed by atoms with van der Waals surface area (Å²) >= 11 is 12.4. The molecule has 0 unspecified atom stereocenters. The highest BCUT2D eigenvalue weighted by atomic mass is 35.5. The van der Waals surface area contributed by atoms with Crippen LogP contribution >= 0.6 is 23.2 Å². The minimum Gasteiger partial charge on any atom is -0.337 e. The lowest BCUT2D eigenvalue weighted by atomic mass is 10.0. The van der Waals surface area contributed by atoms with Gasteiger partial charge in [-0.2, -0.15) is 0 Å². The topological polar surface area (TPSA) is 26.8 Å². The van der Waals surface area contributed by atoms with Gasteiger partial charge in [-0.25, -0.2) is 0 Å². The van der Waals surface area contributed by atoms with Gasteiger partial charge >= 0.3 is 0 Å². The van der Waals surface area contributed by atoms with Crippen molar-refractivity contribution in [3.8, 4) is 0 Å². The summed E-state index contributed by atoms with van der Waals surface area (Å²) in [6, 6.07) is 3.86. The van der Waals surface area contributed by atoms with Crippen LogP contribution in [0.5, 0.6) is 0 Å². The Hall–Kier alpha value is -0.810. The number of nitrogens with zero attached hydrogens (tertiary/aromatic N) is 3. The number of amides is 1. The molecule has 6 heteroatoms. The van der Waals surface area contributed by atoms with E-state index in [0.29, 0.717) is 21.7 Å². The lowest BCUT2D eigenvalue weighted by molar-refractivity contribution is 0.0603. The molecule has 4 nitrogen and oxygen atoms in total. The predicted octanol–water partition coefficient (Wildman–Crippen LogP) is 3.40. The maximum absolute atomic E-state index is 12.8. The number of hydrogen-bond acceptors (Lipinski definition) is 3. The summed E-state index contributed by atoms with van der Waals surface area (Å²) in [4.78, 5) is 19.3. The highest BCUT2D eigenvalue weighted by Crippen LogP contribution is 2.27. The van der Waals surface area contributed by atoms with Crippen LogP contribution in [0.3, 0.4) is 0 Å². The normalized spacial score (nSPS) is 18.5. The second-order valence-corrected chi connectivity index (χ2v) is 7.71. The first-order valence-corrected chi connectivity index (χ1v) is 9.15. The molecule has 0 bridgehead atoms. The summed E-state index contributed by atoms with van der Waals surface area (Å²) in [7, 11) is 6.30. The second kappa shape index (κ2) is 8.52. The Bertz CT molecular complexity index is 569. The molecule has 1 aliphatic rings. The van der Waals surface area contributed by atoms with E-state index in [1.54, 1.807) is 12.1 Å². The Labute approximate surface area is 155 Å². The molecule has 1 heterocycles. The fraction of sp³-hybridized carbons (Fsp3) is 0.611. The van der Waals surface area contributed by atoms with Crippen LogP contribution in [-0.4, -0.2) is 74.0 Å². The molecule has 24 heavy (non-hydrogen) atoms. The molecule has 1 aliphatic heterocycles. The Morgan fingerprint density at radius 3 is 2.42 bits per heavy atom.